The van der Waals surface area contributed by atoms with Gasteiger partial charge in [-0.3, -0.25) is 14.2 Å². The molecule has 0 unspecified atom stereocenters. The van der Waals surface area contributed by atoms with E-state index in [1.54, 1.807) is 7.05 Å². The third-order valence-corrected chi connectivity index (χ3v) is 5.80. The summed E-state index contributed by atoms with van der Waals surface area (Å²) in [7, 11) is 3.01. The van der Waals surface area contributed by atoms with E-state index < -0.39 is 35.4 Å². The lowest BCUT2D eigenvalue weighted by Crippen LogP contribution is -2.42. The molecule has 0 atom stereocenters. The minimum atomic E-state index is -4.59. The van der Waals surface area contributed by atoms with Gasteiger partial charge in [-0.2, -0.15) is 13.2 Å². The number of aryl methyl sites for hydroxylation is 2. The van der Waals surface area contributed by atoms with E-state index in [0.717, 1.165) is 40.5 Å². The lowest BCUT2D eigenvalue weighted by molar-refractivity contribution is -0.137. The number of carbonyl (C=O) groups is 1. The first-order valence-corrected chi connectivity index (χ1v) is 10.4. The number of piperidine rings is 1. The number of fused-ring (bicyclic) bond motifs is 1. The zero-order chi connectivity index (χ0) is 23.9. The maximum Gasteiger partial charge on any atom is 0.416 e. The van der Waals surface area contributed by atoms with Crippen molar-refractivity contribution >= 4 is 28.4 Å². The summed E-state index contributed by atoms with van der Waals surface area (Å²) in [4.78, 5) is 44.2. The van der Waals surface area contributed by atoms with Crippen LogP contribution in [0.15, 0.2) is 34.1 Å². The lowest BCUT2D eigenvalue weighted by atomic mass is 10.1. The molecular weight excluding hydrogens is 441 g/mol. The normalized spacial score (nSPS) is 14.6. The van der Waals surface area contributed by atoms with Gasteiger partial charge in [0.25, 0.3) is 5.56 Å². The molecule has 2 aromatic heterocycles. The van der Waals surface area contributed by atoms with Crippen LogP contribution in [0, 0.1) is 0 Å². The van der Waals surface area contributed by atoms with Gasteiger partial charge in [0.15, 0.2) is 11.2 Å². The molecule has 0 aliphatic carbocycles. The van der Waals surface area contributed by atoms with Gasteiger partial charge in [-0.1, -0.05) is 0 Å². The van der Waals surface area contributed by atoms with E-state index in [4.69, 9.17) is 0 Å². The number of hydrogen-bond donors (Lipinski definition) is 1. The molecule has 1 N–H and O–H groups in total. The highest BCUT2D eigenvalue weighted by atomic mass is 19.4. The summed E-state index contributed by atoms with van der Waals surface area (Å²) in [5, 5.41) is 2.49. The maximum atomic E-state index is 13.3. The smallest absolute Gasteiger partial charge is 0.370 e. The summed E-state index contributed by atoms with van der Waals surface area (Å²) >= 11 is 0. The molecular formula is C21H23F3N6O3. The highest BCUT2D eigenvalue weighted by molar-refractivity contribution is 5.94. The van der Waals surface area contributed by atoms with Gasteiger partial charge < -0.3 is 14.8 Å². The highest BCUT2D eigenvalue weighted by Crippen LogP contribution is 2.36. The van der Waals surface area contributed by atoms with E-state index in [1.165, 1.54) is 24.0 Å². The van der Waals surface area contributed by atoms with E-state index in [0.29, 0.717) is 18.8 Å². The van der Waals surface area contributed by atoms with Crippen molar-refractivity contribution in [2.45, 2.75) is 32.0 Å². The second-order valence-electron chi connectivity index (χ2n) is 8.09. The van der Waals surface area contributed by atoms with E-state index in [-0.39, 0.29) is 16.9 Å². The van der Waals surface area contributed by atoms with Crippen LogP contribution >= 0.6 is 0 Å². The molecule has 1 aromatic carbocycles. The van der Waals surface area contributed by atoms with Crippen LogP contribution in [0.25, 0.3) is 11.2 Å². The van der Waals surface area contributed by atoms with Gasteiger partial charge in [0.2, 0.25) is 5.91 Å². The molecule has 1 saturated heterocycles. The number of nitrogens with zero attached hydrogens (tertiary/aromatic N) is 5. The zero-order valence-electron chi connectivity index (χ0n) is 18.1. The fourth-order valence-electron chi connectivity index (χ4n) is 4.09. The Hall–Kier alpha value is -3.57. The fraction of sp³-hybridized carbons (Fsp3) is 0.429. The lowest BCUT2D eigenvalue weighted by Gasteiger charge is -2.31. The minimum absolute atomic E-state index is 0.0109. The number of nitrogens with one attached hydrogen (secondary N) is 1. The molecule has 3 heterocycles. The van der Waals surface area contributed by atoms with E-state index in [2.05, 4.69) is 10.3 Å². The molecule has 33 heavy (non-hydrogen) atoms. The molecule has 0 radical (unpaired) electrons. The number of carbonyl (C=O) groups excluding carboxylic acids is 1. The second-order valence-corrected chi connectivity index (χ2v) is 8.09. The first kappa shape index (κ1) is 22.6. The molecule has 9 nitrogen and oxygen atoms in total. The Labute approximate surface area is 186 Å². The SMILES string of the molecule is Cn1cnc2c1c(=O)n(CC(=O)Nc1cc(C(F)(F)F)ccc1N1CCCCC1)c(=O)n2C. The van der Waals surface area contributed by atoms with Crippen molar-refractivity contribution < 1.29 is 18.0 Å². The molecule has 3 aromatic rings. The topological polar surface area (TPSA) is 94.2 Å². The van der Waals surface area contributed by atoms with Crippen molar-refractivity contribution in [2.24, 2.45) is 14.1 Å². The molecule has 176 valence electrons. The Balaban J connectivity index is 1.69. The number of halogens is 3. The van der Waals surface area contributed by atoms with Crippen molar-refractivity contribution in [3.05, 3.63) is 50.9 Å². The van der Waals surface area contributed by atoms with Crippen molar-refractivity contribution in [2.75, 3.05) is 23.3 Å². The monoisotopic (exact) mass is 464 g/mol. The van der Waals surface area contributed by atoms with Gasteiger partial charge in [-0.05, 0) is 37.5 Å². The quantitative estimate of drug-likeness (QED) is 0.638. The molecule has 0 saturated carbocycles. The Bertz CT molecular complexity index is 1330. The van der Waals surface area contributed by atoms with Crippen LogP contribution in [-0.2, 0) is 31.6 Å². The summed E-state index contributed by atoms with van der Waals surface area (Å²) in [5.74, 6) is -0.784. The van der Waals surface area contributed by atoms with Crippen LogP contribution in [0.2, 0.25) is 0 Å². The average Bonchev–Trinajstić information content (AvgIpc) is 3.17. The molecule has 1 fully saturated rings. The average molecular weight is 464 g/mol. The van der Waals surface area contributed by atoms with Gasteiger partial charge >= 0.3 is 11.9 Å². The number of rotatable bonds is 4. The van der Waals surface area contributed by atoms with Crippen molar-refractivity contribution in [1.29, 1.82) is 0 Å². The van der Waals surface area contributed by atoms with E-state index >= 15 is 0 Å². The Kier molecular flexibility index (Phi) is 5.76. The fourth-order valence-corrected chi connectivity index (χ4v) is 4.09. The van der Waals surface area contributed by atoms with Gasteiger partial charge in [0, 0.05) is 27.2 Å². The number of amides is 1. The largest absolute Gasteiger partial charge is 0.416 e. The number of benzene rings is 1. The minimum Gasteiger partial charge on any atom is -0.370 e. The Morgan fingerprint density at radius 1 is 1.12 bits per heavy atom. The molecule has 12 heteroatoms. The zero-order valence-corrected chi connectivity index (χ0v) is 18.1. The first-order valence-electron chi connectivity index (χ1n) is 10.4. The third kappa shape index (κ3) is 4.24. The molecule has 1 aliphatic heterocycles. The molecule has 0 bridgehead atoms. The molecule has 4 rings (SSSR count). The first-order chi connectivity index (χ1) is 15.6. The maximum absolute atomic E-state index is 13.3. The Morgan fingerprint density at radius 3 is 2.48 bits per heavy atom. The van der Waals surface area contributed by atoms with E-state index in [9.17, 15) is 27.6 Å². The van der Waals surface area contributed by atoms with Crippen LogP contribution in [0.1, 0.15) is 24.8 Å². The highest BCUT2D eigenvalue weighted by Gasteiger charge is 2.32. The third-order valence-electron chi connectivity index (χ3n) is 5.80. The predicted octanol–water partition coefficient (Wildman–Crippen LogP) is 2.08. The van der Waals surface area contributed by atoms with Crippen LogP contribution in [0.4, 0.5) is 24.5 Å². The summed E-state index contributed by atoms with van der Waals surface area (Å²) < 4.78 is 43.3. The van der Waals surface area contributed by atoms with Crippen LogP contribution < -0.4 is 21.5 Å². The van der Waals surface area contributed by atoms with Crippen LogP contribution in [0.5, 0.6) is 0 Å². The van der Waals surface area contributed by atoms with Gasteiger partial charge in [0.1, 0.15) is 6.54 Å². The summed E-state index contributed by atoms with van der Waals surface area (Å²) in [5.41, 5.74) is -1.58. The van der Waals surface area contributed by atoms with Gasteiger partial charge in [-0.15, -0.1) is 0 Å². The van der Waals surface area contributed by atoms with E-state index in [1.807, 2.05) is 4.90 Å². The van der Waals surface area contributed by atoms with Gasteiger partial charge in [-0.25, -0.2) is 14.3 Å². The predicted molar refractivity (Wildman–Crippen MR) is 116 cm³/mol. The second kappa shape index (κ2) is 8.41. The number of anilines is 2. The Morgan fingerprint density at radius 2 is 1.82 bits per heavy atom. The summed E-state index contributed by atoms with van der Waals surface area (Å²) in [6, 6.07) is 3.21. The summed E-state index contributed by atoms with van der Waals surface area (Å²) in [6.07, 6.45) is -0.391. The van der Waals surface area contributed by atoms with Crippen LogP contribution in [0.3, 0.4) is 0 Å². The summed E-state index contributed by atoms with van der Waals surface area (Å²) in [6.45, 7) is 0.666. The number of aromatic nitrogens is 4. The number of hydrogen-bond acceptors (Lipinski definition) is 5. The molecule has 1 amide bonds. The van der Waals surface area contributed by atoms with Crippen LogP contribution in [-0.4, -0.2) is 37.7 Å². The van der Waals surface area contributed by atoms with Crippen molar-refractivity contribution in [1.82, 2.24) is 18.7 Å². The van der Waals surface area contributed by atoms with Gasteiger partial charge in [0.05, 0.1) is 23.3 Å². The molecule has 0 spiro atoms. The standard InChI is InChI=1S/C21H23F3N6O3/c1-27-12-25-18-17(27)19(32)30(20(33)28(18)2)11-16(31)26-14-10-13(21(22,23)24)6-7-15(14)29-8-4-3-5-9-29/h6-7,10,12H,3-5,8-9,11H2,1-2H3,(H,26,31). The molecule has 1 aliphatic rings. The number of imidazole rings is 1. The van der Waals surface area contributed by atoms with Crippen molar-refractivity contribution in [3.8, 4) is 0 Å². The van der Waals surface area contributed by atoms with Crippen molar-refractivity contribution in [3.63, 3.8) is 0 Å². The number of alkyl halides is 3.